The fourth-order valence-corrected chi connectivity index (χ4v) is 2.36. The lowest BCUT2D eigenvalue weighted by atomic mass is 10.1. The Bertz CT molecular complexity index is 592. The lowest BCUT2D eigenvalue weighted by Gasteiger charge is -2.23. The highest BCUT2D eigenvalue weighted by molar-refractivity contribution is 5.76. The van der Waals surface area contributed by atoms with E-state index < -0.39 is 0 Å². The Balaban J connectivity index is 1.95. The maximum atomic E-state index is 12.4. The molecule has 0 spiro atoms. The zero-order chi connectivity index (χ0) is 15.9. The van der Waals surface area contributed by atoms with Crippen LogP contribution in [0.2, 0.25) is 0 Å². The molecule has 1 aromatic carbocycles. The van der Waals surface area contributed by atoms with Crippen LogP contribution in [0.3, 0.4) is 0 Å². The van der Waals surface area contributed by atoms with Gasteiger partial charge in [-0.05, 0) is 44.0 Å². The molecule has 0 aliphatic carbocycles. The number of hydrogen-bond donors (Lipinski definition) is 0. The van der Waals surface area contributed by atoms with Crippen molar-refractivity contribution in [2.75, 3.05) is 13.7 Å². The first-order valence-corrected chi connectivity index (χ1v) is 7.63. The second kappa shape index (κ2) is 7.69. The van der Waals surface area contributed by atoms with Crippen LogP contribution in [0, 0.1) is 0 Å². The van der Waals surface area contributed by atoms with Gasteiger partial charge in [0, 0.05) is 13.5 Å². The van der Waals surface area contributed by atoms with E-state index in [2.05, 4.69) is 0 Å². The van der Waals surface area contributed by atoms with Gasteiger partial charge in [-0.1, -0.05) is 18.2 Å². The molecule has 0 bridgehead atoms. The van der Waals surface area contributed by atoms with E-state index in [1.54, 1.807) is 11.2 Å². The summed E-state index contributed by atoms with van der Waals surface area (Å²) in [5.41, 5.74) is 1.07. The quantitative estimate of drug-likeness (QED) is 0.780. The Kier molecular flexibility index (Phi) is 5.64. The number of carbonyl (C=O) groups excluding carboxylic acids is 1. The third kappa shape index (κ3) is 3.91. The molecule has 0 aliphatic heterocycles. The number of furan rings is 1. The standard InChI is InChI=1S/C18H23NO3/c1-4-21-17-9-6-5-8-15(17)11-12-18(20)19(3)14(2)16-10-7-13-22-16/h5-10,13-14H,4,11-12H2,1-3H3. The Hall–Kier alpha value is -2.23. The molecule has 1 unspecified atom stereocenters. The van der Waals surface area contributed by atoms with E-state index in [1.807, 2.05) is 57.3 Å². The van der Waals surface area contributed by atoms with Crippen molar-refractivity contribution in [1.82, 2.24) is 4.90 Å². The van der Waals surface area contributed by atoms with Crippen LogP contribution in [0.1, 0.15) is 37.6 Å². The van der Waals surface area contributed by atoms with Crippen molar-refractivity contribution >= 4 is 5.91 Å². The molecule has 1 atom stereocenters. The number of ether oxygens (including phenoxy) is 1. The van der Waals surface area contributed by atoms with Gasteiger partial charge in [0.25, 0.3) is 0 Å². The van der Waals surface area contributed by atoms with E-state index in [0.717, 1.165) is 17.1 Å². The largest absolute Gasteiger partial charge is 0.494 e. The van der Waals surface area contributed by atoms with Gasteiger partial charge in [0.2, 0.25) is 5.91 Å². The van der Waals surface area contributed by atoms with Gasteiger partial charge in [-0.15, -0.1) is 0 Å². The number of carbonyl (C=O) groups is 1. The van der Waals surface area contributed by atoms with Crippen LogP contribution in [0.15, 0.2) is 47.1 Å². The van der Waals surface area contributed by atoms with E-state index >= 15 is 0 Å². The molecule has 4 heteroatoms. The molecule has 0 saturated heterocycles. The predicted molar refractivity (Wildman–Crippen MR) is 85.8 cm³/mol. The number of hydrogen-bond acceptors (Lipinski definition) is 3. The van der Waals surface area contributed by atoms with Crippen LogP contribution in [0.5, 0.6) is 5.75 Å². The second-order valence-electron chi connectivity index (χ2n) is 5.24. The molecular formula is C18H23NO3. The van der Waals surface area contributed by atoms with Gasteiger partial charge in [0.05, 0.1) is 18.9 Å². The second-order valence-corrected chi connectivity index (χ2v) is 5.24. The summed E-state index contributed by atoms with van der Waals surface area (Å²) in [6, 6.07) is 11.5. The topological polar surface area (TPSA) is 42.7 Å². The van der Waals surface area contributed by atoms with E-state index in [9.17, 15) is 4.79 Å². The smallest absolute Gasteiger partial charge is 0.223 e. The summed E-state index contributed by atoms with van der Waals surface area (Å²) in [5.74, 6) is 1.75. The molecule has 0 aliphatic rings. The molecule has 1 amide bonds. The molecule has 2 rings (SSSR count). The molecule has 2 aromatic rings. The van der Waals surface area contributed by atoms with Crippen LogP contribution in [0.4, 0.5) is 0 Å². The summed E-state index contributed by atoms with van der Waals surface area (Å²) in [7, 11) is 1.81. The lowest BCUT2D eigenvalue weighted by Crippen LogP contribution is -2.29. The van der Waals surface area contributed by atoms with Crippen molar-refractivity contribution in [3.8, 4) is 5.75 Å². The normalized spacial score (nSPS) is 12.0. The first-order valence-electron chi connectivity index (χ1n) is 7.63. The first kappa shape index (κ1) is 16.1. The Morgan fingerprint density at radius 2 is 2.05 bits per heavy atom. The van der Waals surface area contributed by atoms with Crippen LogP contribution in [-0.2, 0) is 11.2 Å². The minimum atomic E-state index is -0.0652. The van der Waals surface area contributed by atoms with Gasteiger partial charge >= 0.3 is 0 Å². The molecule has 118 valence electrons. The molecule has 0 N–H and O–H groups in total. The monoisotopic (exact) mass is 301 g/mol. The van der Waals surface area contributed by atoms with Crippen LogP contribution in [0.25, 0.3) is 0 Å². The van der Waals surface area contributed by atoms with Gasteiger partial charge in [0.1, 0.15) is 11.5 Å². The minimum absolute atomic E-state index is 0.0652. The average Bonchev–Trinajstić information content (AvgIpc) is 3.07. The number of rotatable bonds is 7. The fourth-order valence-electron chi connectivity index (χ4n) is 2.36. The summed E-state index contributed by atoms with van der Waals surface area (Å²) >= 11 is 0. The summed E-state index contributed by atoms with van der Waals surface area (Å²) in [6.45, 7) is 4.55. The van der Waals surface area contributed by atoms with Gasteiger partial charge in [-0.3, -0.25) is 4.79 Å². The maximum absolute atomic E-state index is 12.4. The summed E-state index contributed by atoms with van der Waals surface area (Å²) in [6.07, 6.45) is 2.75. The van der Waals surface area contributed by atoms with Crippen molar-refractivity contribution in [2.45, 2.75) is 32.7 Å². The van der Waals surface area contributed by atoms with Crippen LogP contribution < -0.4 is 4.74 Å². The van der Waals surface area contributed by atoms with Gasteiger partial charge in [-0.2, -0.15) is 0 Å². The van der Waals surface area contributed by atoms with Crippen molar-refractivity contribution in [3.05, 3.63) is 54.0 Å². The maximum Gasteiger partial charge on any atom is 0.223 e. The van der Waals surface area contributed by atoms with Gasteiger partial charge in [0.15, 0.2) is 0 Å². The van der Waals surface area contributed by atoms with Crippen molar-refractivity contribution in [1.29, 1.82) is 0 Å². The average molecular weight is 301 g/mol. The Morgan fingerprint density at radius 1 is 1.27 bits per heavy atom. The SMILES string of the molecule is CCOc1ccccc1CCC(=O)N(C)C(C)c1ccco1. The minimum Gasteiger partial charge on any atom is -0.494 e. The highest BCUT2D eigenvalue weighted by Gasteiger charge is 2.19. The molecule has 1 heterocycles. The number of amides is 1. The van der Waals surface area contributed by atoms with Crippen LogP contribution in [-0.4, -0.2) is 24.5 Å². The zero-order valence-electron chi connectivity index (χ0n) is 13.4. The summed E-state index contributed by atoms with van der Waals surface area (Å²) < 4.78 is 11.0. The number of nitrogens with zero attached hydrogens (tertiary/aromatic N) is 1. The number of para-hydroxylation sites is 1. The lowest BCUT2D eigenvalue weighted by molar-refractivity contribution is -0.132. The van der Waals surface area contributed by atoms with Crippen LogP contribution >= 0.6 is 0 Å². The van der Waals surface area contributed by atoms with Crippen molar-refractivity contribution in [3.63, 3.8) is 0 Å². The number of aryl methyl sites for hydroxylation is 1. The Labute approximate surface area is 131 Å². The molecule has 1 aromatic heterocycles. The first-order chi connectivity index (χ1) is 10.6. The van der Waals surface area contributed by atoms with E-state index in [0.29, 0.717) is 19.4 Å². The highest BCUT2D eigenvalue weighted by atomic mass is 16.5. The molecule has 0 radical (unpaired) electrons. The van der Waals surface area contributed by atoms with E-state index in [4.69, 9.17) is 9.15 Å². The zero-order valence-corrected chi connectivity index (χ0v) is 13.4. The van der Waals surface area contributed by atoms with E-state index in [-0.39, 0.29) is 11.9 Å². The van der Waals surface area contributed by atoms with Crippen molar-refractivity contribution in [2.24, 2.45) is 0 Å². The Morgan fingerprint density at radius 3 is 2.73 bits per heavy atom. The van der Waals surface area contributed by atoms with E-state index in [1.165, 1.54) is 0 Å². The highest BCUT2D eigenvalue weighted by Crippen LogP contribution is 2.22. The molecule has 22 heavy (non-hydrogen) atoms. The number of benzene rings is 1. The third-order valence-corrected chi connectivity index (χ3v) is 3.81. The molecule has 4 nitrogen and oxygen atoms in total. The predicted octanol–water partition coefficient (Wildman–Crippen LogP) is 3.83. The third-order valence-electron chi connectivity index (χ3n) is 3.81. The molecule has 0 saturated carbocycles. The molecule has 0 fully saturated rings. The van der Waals surface area contributed by atoms with Gasteiger partial charge < -0.3 is 14.1 Å². The fraction of sp³-hybridized carbons (Fsp3) is 0.389. The molecular weight excluding hydrogens is 278 g/mol. The van der Waals surface area contributed by atoms with Crippen molar-refractivity contribution < 1.29 is 13.9 Å². The summed E-state index contributed by atoms with van der Waals surface area (Å²) in [4.78, 5) is 14.1. The van der Waals surface area contributed by atoms with Gasteiger partial charge in [-0.25, -0.2) is 0 Å². The summed E-state index contributed by atoms with van der Waals surface area (Å²) in [5, 5.41) is 0.